The molecule has 0 saturated carbocycles. The lowest BCUT2D eigenvalue weighted by atomic mass is 9.95. The SMILES string of the molecule is CCn1c(C(=O)Nc2sc3c(c2C(=O)OC)CCCC3)cc2sccc21. The van der Waals surface area contributed by atoms with Crippen LogP contribution in [0.4, 0.5) is 5.00 Å². The molecule has 1 N–H and O–H groups in total. The first-order chi connectivity index (χ1) is 12.6. The average molecular weight is 389 g/mol. The zero-order valence-corrected chi connectivity index (χ0v) is 16.4. The van der Waals surface area contributed by atoms with E-state index < -0.39 is 0 Å². The molecule has 0 aliphatic heterocycles. The Morgan fingerprint density at radius 1 is 1.31 bits per heavy atom. The summed E-state index contributed by atoms with van der Waals surface area (Å²) < 4.78 is 8.08. The first kappa shape index (κ1) is 17.3. The number of fused-ring (bicyclic) bond motifs is 2. The third-order valence-electron chi connectivity index (χ3n) is 4.86. The summed E-state index contributed by atoms with van der Waals surface area (Å²) in [5.41, 5.74) is 3.28. The fourth-order valence-electron chi connectivity index (χ4n) is 3.64. The van der Waals surface area contributed by atoms with Crippen LogP contribution in [0.25, 0.3) is 10.2 Å². The zero-order valence-electron chi connectivity index (χ0n) is 14.8. The number of carbonyl (C=O) groups is 2. The van der Waals surface area contributed by atoms with E-state index >= 15 is 0 Å². The molecule has 0 bridgehead atoms. The smallest absolute Gasteiger partial charge is 0.341 e. The van der Waals surface area contributed by atoms with E-state index in [2.05, 4.69) is 5.32 Å². The molecular weight excluding hydrogens is 368 g/mol. The minimum atomic E-state index is -0.369. The molecular formula is C19H20N2O3S2. The number of anilines is 1. The summed E-state index contributed by atoms with van der Waals surface area (Å²) in [6.45, 7) is 2.74. The third-order valence-corrected chi connectivity index (χ3v) is 6.92. The van der Waals surface area contributed by atoms with E-state index in [9.17, 15) is 9.59 Å². The Morgan fingerprint density at radius 2 is 2.12 bits per heavy atom. The first-order valence-electron chi connectivity index (χ1n) is 8.75. The number of methoxy groups -OCH3 is 1. The van der Waals surface area contributed by atoms with Gasteiger partial charge in [-0.1, -0.05) is 0 Å². The topological polar surface area (TPSA) is 60.3 Å². The highest BCUT2D eigenvalue weighted by Gasteiger charge is 2.27. The second-order valence-corrected chi connectivity index (χ2v) is 8.36. The van der Waals surface area contributed by atoms with E-state index in [1.54, 1.807) is 11.3 Å². The van der Waals surface area contributed by atoms with Crippen molar-refractivity contribution in [3.8, 4) is 0 Å². The molecule has 4 rings (SSSR count). The maximum atomic E-state index is 13.0. The van der Waals surface area contributed by atoms with Crippen LogP contribution >= 0.6 is 22.7 Å². The van der Waals surface area contributed by atoms with Gasteiger partial charge in [0.15, 0.2) is 0 Å². The lowest BCUT2D eigenvalue weighted by molar-refractivity contribution is 0.0601. The Labute approximate surface area is 159 Å². The number of hydrogen-bond donors (Lipinski definition) is 1. The first-order valence-corrected chi connectivity index (χ1v) is 10.4. The Hall–Kier alpha value is -2.12. The van der Waals surface area contributed by atoms with Gasteiger partial charge in [-0.2, -0.15) is 0 Å². The summed E-state index contributed by atoms with van der Waals surface area (Å²) in [6.07, 6.45) is 4.01. The van der Waals surface area contributed by atoms with E-state index in [4.69, 9.17) is 4.74 Å². The van der Waals surface area contributed by atoms with Crippen LogP contribution in [-0.4, -0.2) is 23.6 Å². The molecule has 136 valence electrons. The van der Waals surface area contributed by atoms with Crippen molar-refractivity contribution in [2.24, 2.45) is 0 Å². The summed E-state index contributed by atoms with van der Waals surface area (Å²) in [5.74, 6) is -0.550. The van der Waals surface area contributed by atoms with Gasteiger partial charge in [0, 0.05) is 11.4 Å². The van der Waals surface area contributed by atoms with Crippen LogP contribution in [0.3, 0.4) is 0 Å². The molecule has 1 aliphatic rings. The number of hydrogen-bond acceptors (Lipinski definition) is 5. The summed E-state index contributed by atoms with van der Waals surface area (Å²) in [7, 11) is 1.39. The molecule has 26 heavy (non-hydrogen) atoms. The Kier molecular flexibility index (Phi) is 4.58. The fourth-order valence-corrected chi connectivity index (χ4v) is 5.74. The van der Waals surface area contributed by atoms with Crippen LogP contribution in [0.1, 0.15) is 51.1 Å². The van der Waals surface area contributed by atoms with Crippen molar-refractivity contribution in [1.82, 2.24) is 4.57 Å². The Balaban J connectivity index is 1.72. The van der Waals surface area contributed by atoms with E-state index in [0.717, 1.165) is 41.5 Å². The van der Waals surface area contributed by atoms with Gasteiger partial charge in [-0.05, 0) is 55.7 Å². The number of nitrogens with zero attached hydrogens (tertiary/aromatic N) is 1. The summed E-state index contributed by atoms with van der Waals surface area (Å²) >= 11 is 3.13. The quantitative estimate of drug-likeness (QED) is 0.659. The molecule has 0 aromatic carbocycles. The predicted molar refractivity (Wildman–Crippen MR) is 106 cm³/mol. The molecule has 0 fully saturated rings. The number of ether oxygens (including phenoxy) is 1. The highest BCUT2D eigenvalue weighted by Crippen LogP contribution is 2.39. The highest BCUT2D eigenvalue weighted by atomic mass is 32.1. The predicted octanol–water partition coefficient (Wildman–Crippen LogP) is 4.70. The molecule has 0 radical (unpaired) electrons. The Morgan fingerprint density at radius 3 is 2.88 bits per heavy atom. The van der Waals surface area contributed by atoms with E-state index in [1.165, 1.54) is 23.3 Å². The minimum Gasteiger partial charge on any atom is -0.465 e. The number of esters is 1. The van der Waals surface area contributed by atoms with Crippen molar-refractivity contribution in [3.63, 3.8) is 0 Å². The number of aromatic nitrogens is 1. The zero-order chi connectivity index (χ0) is 18.3. The van der Waals surface area contributed by atoms with Crippen molar-refractivity contribution in [2.75, 3.05) is 12.4 Å². The minimum absolute atomic E-state index is 0.181. The van der Waals surface area contributed by atoms with Crippen molar-refractivity contribution >= 4 is 49.8 Å². The molecule has 1 aliphatic carbocycles. The van der Waals surface area contributed by atoms with E-state index in [-0.39, 0.29) is 11.9 Å². The monoisotopic (exact) mass is 388 g/mol. The maximum absolute atomic E-state index is 13.0. The number of amides is 1. The molecule has 0 spiro atoms. The van der Waals surface area contributed by atoms with Crippen molar-refractivity contribution in [3.05, 3.63) is 39.2 Å². The largest absolute Gasteiger partial charge is 0.465 e. The second kappa shape index (κ2) is 6.89. The molecule has 5 nitrogen and oxygen atoms in total. The van der Waals surface area contributed by atoms with Crippen molar-refractivity contribution in [2.45, 2.75) is 39.2 Å². The maximum Gasteiger partial charge on any atom is 0.341 e. The summed E-state index contributed by atoms with van der Waals surface area (Å²) in [6, 6.07) is 3.95. The van der Waals surface area contributed by atoms with Crippen molar-refractivity contribution in [1.29, 1.82) is 0 Å². The number of nitrogens with one attached hydrogen (secondary N) is 1. The van der Waals surface area contributed by atoms with Gasteiger partial charge in [-0.3, -0.25) is 4.79 Å². The molecule has 0 saturated heterocycles. The van der Waals surface area contributed by atoms with E-state index in [1.807, 2.05) is 29.0 Å². The molecule has 0 atom stereocenters. The number of aryl methyl sites for hydroxylation is 2. The van der Waals surface area contributed by atoms with Crippen LogP contribution in [0.5, 0.6) is 0 Å². The molecule has 7 heteroatoms. The van der Waals surface area contributed by atoms with Gasteiger partial charge in [-0.15, -0.1) is 22.7 Å². The van der Waals surface area contributed by atoms with Gasteiger partial charge in [0.2, 0.25) is 0 Å². The summed E-state index contributed by atoms with van der Waals surface area (Å²) in [4.78, 5) is 26.5. The van der Waals surface area contributed by atoms with Gasteiger partial charge in [-0.25, -0.2) is 4.79 Å². The van der Waals surface area contributed by atoms with Crippen LogP contribution < -0.4 is 5.32 Å². The van der Waals surface area contributed by atoms with Gasteiger partial charge in [0.05, 0.1) is 22.9 Å². The average Bonchev–Trinajstić information content (AvgIpc) is 3.32. The lowest BCUT2D eigenvalue weighted by Crippen LogP contribution is -2.18. The second-order valence-electron chi connectivity index (χ2n) is 6.30. The van der Waals surface area contributed by atoms with E-state index in [0.29, 0.717) is 22.8 Å². The third kappa shape index (κ3) is 2.75. The van der Waals surface area contributed by atoms with Crippen LogP contribution in [-0.2, 0) is 24.1 Å². The van der Waals surface area contributed by atoms with Crippen LogP contribution in [0.15, 0.2) is 17.5 Å². The molecule has 3 heterocycles. The van der Waals surface area contributed by atoms with Gasteiger partial charge in [0.1, 0.15) is 10.7 Å². The number of thiophene rings is 2. The fraction of sp³-hybridized carbons (Fsp3) is 0.368. The van der Waals surface area contributed by atoms with Gasteiger partial charge >= 0.3 is 5.97 Å². The molecule has 3 aromatic heterocycles. The van der Waals surface area contributed by atoms with Crippen LogP contribution in [0.2, 0.25) is 0 Å². The molecule has 3 aromatic rings. The van der Waals surface area contributed by atoms with Crippen molar-refractivity contribution < 1.29 is 14.3 Å². The number of carbonyl (C=O) groups excluding carboxylic acids is 2. The Bertz CT molecular complexity index is 996. The molecule has 1 amide bonds. The standard InChI is InChI=1S/C19H20N2O3S2/c1-3-21-12-8-9-25-15(12)10-13(21)17(22)20-18-16(19(23)24-2)11-6-4-5-7-14(11)26-18/h8-10H,3-7H2,1-2H3,(H,20,22). The van der Waals surface area contributed by atoms with Gasteiger partial charge < -0.3 is 14.6 Å². The van der Waals surface area contributed by atoms with Gasteiger partial charge in [0.25, 0.3) is 5.91 Å². The highest BCUT2D eigenvalue weighted by molar-refractivity contribution is 7.17. The normalized spacial score (nSPS) is 13.6. The summed E-state index contributed by atoms with van der Waals surface area (Å²) in [5, 5.41) is 5.63. The lowest BCUT2D eigenvalue weighted by Gasteiger charge is -2.12. The molecule has 0 unspecified atom stereocenters. The van der Waals surface area contributed by atoms with Crippen LogP contribution in [0, 0.1) is 0 Å². The number of rotatable bonds is 4.